The molecular weight excluding hydrogens is 310 g/mol. The molecule has 2 N–H and O–H groups in total. The Hall–Kier alpha value is -2.49. The van der Waals surface area contributed by atoms with Gasteiger partial charge in [0.2, 0.25) is 0 Å². The van der Waals surface area contributed by atoms with E-state index in [-0.39, 0.29) is 6.03 Å². The quantitative estimate of drug-likeness (QED) is 0.691. The van der Waals surface area contributed by atoms with Crippen LogP contribution >= 0.6 is 0 Å². The van der Waals surface area contributed by atoms with Gasteiger partial charge in [0.05, 0.1) is 0 Å². The Labute approximate surface area is 151 Å². The van der Waals surface area contributed by atoms with E-state index in [1.54, 1.807) is 0 Å². The van der Waals surface area contributed by atoms with Crippen molar-refractivity contribution in [1.29, 1.82) is 0 Å². The van der Waals surface area contributed by atoms with E-state index in [4.69, 9.17) is 0 Å². The lowest BCUT2D eigenvalue weighted by Crippen LogP contribution is -2.30. The van der Waals surface area contributed by atoms with Crippen LogP contribution in [-0.2, 0) is 6.42 Å². The van der Waals surface area contributed by atoms with Crippen molar-refractivity contribution in [2.75, 3.05) is 29.9 Å². The predicted molar refractivity (Wildman–Crippen MR) is 107 cm³/mol. The molecule has 4 nitrogen and oxygen atoms in total. The van der Waals surface area contributed by atoms with E-state index >= 15 is 0 Å². The minimum Gasteiger partial charge on any atom is -0.372 e. The number of urea groups is 1. The van der Waals surface area contributed by atoms with Crippen molar-refractivity contribution in [2.45, 2.75) is 33.6 Å². The Morgan fingerprint density at radius 1 is 1.04 bits per heavy atom. The first-order valence-corrected chi connectivity index (χ1v) is 9.08. The number of hydrogen-bond acceptors (Lipinski definition) is 2. The van der Waals surface area contributed by atoms with Gasteiger partial charge in [0.25, 0.3) is 0 Å². The molecule has 0 saturated carbocycles. The Morgan fingerprint density at radius 2 is 1.76 bits per heavy atom. The maximum absolute atomic E-state index is 12.1. The van der Waals surface area contributed by atoms with Gasteiger partial charge in [-0.1, -0.05) is 30.3 Å². The van der Waals surface area contributed by atoms with Crippen LogP contribution in [-0.4, -0.2) is 25.7 Å². The Kier molecular flexibility index (Phi) is 7.33. The maximum Gasteiger partial charge on any atom is 0.319 e. The molecule has 2 aromatic carbocycles. The lowest BCUT2D eigenvalue weighted by atomic mass is 10.1. The number of anilines is 2. The molecule has 0 spiro atoms. The van der Waals surface area contributed by atoms with E-state index in [0.29, 0.717) is 6.54 Å². The van der Waals surface area contributed by atoms with Crippen LogP contribution in [0.1, 0.15) is 31.4 Å². The van der Waals surface area contributed by atoms with Crippen molar-refractivity contribution >= 4 is 17.4 Å². The van der Waals surface area contributed by atoms with Crippen LogP contribution in [0, 0.1) is 6.92 Å². The van der Waals surface area contributed by atoms with Crippen LogP contribution in [0.15, 0.2) is 48.5 Å². The molecule has 0 fully saturated rings. The molecule has 0 radical (unpaired) electrons. The van der Waals surface area contributed by atoms with Crippen molar-refractivity contribution in [3.05, 3.63) is 59.7 Å². The summed E-state index contributed by atoms with van der Waals surface area (Å²) in [7, 11) is 0. The molecule has 0 saturated heterocycles. The number of hydrogen-bond donors (Lipinski definition) is 2. The van der Waals surface area contributed by atoms with E-state index < -0.39 is 0 Å². The van der Waals surface area contributed by atoms with Crippen molar-refractivity contribution < 1.29 is 4.79 Å². The molecule has 0 unspecified atom stereocenters. The first kappa shape index (κ1) is 18.8. The average molecular weight is 339 g/mol. The predicted octanol–water partition coefficient (Wildman–Crippen LogP) is 4.60. The zero-order valence-electron chi connectivity index (χ0n) is 15.5. The van der Waals surface area contributed by atoms with Crippen molar-refractivity contribution in [3.63, 3.8) is 0 Å². The molecule has 0 aliphatic heterocycles. The highest BCUT2D eigenvalue weighted by Gasteiger charge is 2.07. The summed E-state index contributed by atoms with van der Waals surface area (Å²) in [5, 5.41) is 5.87. The highest BCUT2D eigenvalue weighted by Crippen LogP contribution is 2.22. The van der Waals surface area contributed by atoms with Gasteiger partial charge in [0, 0.05) is 31.0 Å². The summed E-state index contributed by atoms with van der Waals surface area (Å²) in [5.41, 5.74) is 4.42. The fraction of sp³-hybridized carbons (Fsp3) is 0.381. The largest absolute Gasteiger partial charge is 0.372 e. The minimum absolute atomic E-state index is 0.147. The first-order chi connectivity index (χ1) is 12.1. The fourth-order valence-corrected chi connectivity index (χ4v) is 2.88. The third kappa shape index (κ3) is 5.82. The van der Waals surface area contributed by atoms with E-state index in [9.17, 15) is 4.79 Å². The van der Waals surface area contributed by atoms with Crippen LogP contribution in [0.2, 0.25) is 0 Å². The zero-order chi connectivity index (χ0) is 18.1. The zero-order valence-corrected chi connectivity index (χ0v) is 15.5. The lowest BCUT2D eigenvalue weighted by Gasteiger charge is -2.22. The van der Waals surface area contributed by atoms with Crippen LogP contribution in [0.5, 0.6) is 0 Å². The number of carbonyl (C=O) groups excluding carboxylic acids is 1. The molecule has 2 aromatic rings. The molecule has 4 heteroatoms. The van der Waals surface area contributed by atoms with Gasteiger partial charge >= 0.3 is 6.03 Å². The van der Waals surface area contributed by atoms with Gasteiger partial charge in [0.15, 0.2) is 0 Å². The third-order valence-corrected chi connectivity index (χ3v) is 4.36. The fourth-order valence-electron chi connectivity index (χ4n) is 2.88. The van der Waals surface area contributed by atoms with E-state index in [1.165, 1.54) is 11.3 Å². The number of aryl methyl sites for hydroxylation is 2. The SMILES string of the molecule is CCN(CC)c1ccc(NC(=O)NCCCc2ccccc2)c(C)c1. The molecule has 0 aliphatic rings. The molecule has 2 rings (SSSR count). The van der Waals surface area contributed by atoms with Gasteiger partial charge in [-0.05, 0) is 62.9 Å². The van der Waals surface area contributed by atoms with Gasteiger partial charge in [-0.15, -0.1) is 0 Å². The topological polar surface area (TPSA) is 44.4 Å². The van der Waals surface area contributed by atoms with Crippen molar-refractivity contribution in [3.8, 4) is 0 Å². The molecule has 0 heterocycles. The number of nitrogens with one attached hydrogen (secondary N) is 2. The summed E-state index contributed by atoms with van der Waals surface area (Å²) in [6, 6.07) is 16.3. The van der Waals surface area contributed by atoms with Crippen LogP contribution in [0.25, 0.3) is 0 Å². The summed E-state index contributed by atoms with van der Waals surface area (Å²) in [6.45, 7) is 8.94. The number of rotatable bonds is 8. The molecule has 134 valence electrons. The van der Waals surface area contributed by atoms with Gasteiger partial charge in [-0.3, -0.25) is 0 Å². The molecular formula is C21H29N3O. The smallest absolute Gasteiger partial charge is 0.319 e. The van der Waals surface area contributed by atoms with E-state index in [1.807, 2.05) is 31.2 Å². The summed E-state index contributed by atoms with van der Waals surface area (Å²) >= 11 is 0. The van der Waals surface area contributed by atoms with E-state index in [2.05, 4.69) is 53.6 Å². The highest BCUT2D eigenvalue weighted by atomic mass is 16.2. The first-order valence-electron chi connectivity index (χ1n) is 9.08. The normalized spacial score (nSPS) is 10.4. The summed E-state index contributed by atoms with van der Waals surface area (Å²) in [4.78, 5) is 14.4. The lowest BCUT2D eigenvalue weighted by molar-refractivity contribution is 0.252. The molecule has 0 aromatic heterocycles. The number of nitrogens with zero attached hydrogens (tertiary/aromatic N) is 1. The molecule has 0 aliphatic carbocycles. The number of amides is 2. The second-order valence-electron chi connectivity index (χ2n) is 6.14. The van der Waals surface area contributed by atoms with Crippen LogP contribution in [0.3, 0.4) is 0 Å². The second-order valence-corrected chi connectivity index (χ2v) is 6.14. The summed E-state index contributed by atoms with van der Waals surface area (Å²) < 4.78 is 0. The minimum atomic E-state index is -0.147. The van der Waals surface area contributed by atoms with Gasteiger partial charge in [-0.2, -0.15) is 0 Å². The van der Waals surface area contributed by atoms with Crippen molar-refractivity contribution in [2.24, 2.45) is 0 Å². The standard InChI is InChI=1S/C21H29N3O/c1-4-24(5-2)19-13-14-20(17(3)16-19)23-21(25)22-15-9-12-18-10-7-6-8-11-18/h6-8,10-11,13-14,16H,4-5,9,12,15H2,1-3H3,(H2,22,23,25). The average Bonchev–Trinajstić information content (AvgIpc) is 2.63. The molecule has 2 amide bonds. The van der Waals surface area contributed by atoms with Gasteiger partial charge in [0.1, 0.15) is 0 Å². The van der Waals surface area contributed by atoms with Crippen molar-refractivity contribution in [1.82, 2.24) is 5.32 Å². The number of benzene rings is 2. The molecule has 0 atom stereocenters. The molecule has 25 heavy (non-hydrogen) atoms. The Balaban J connectivity index is 1.80. The Bertz CT molecular complexity index is 666. The molecule has 0 bridgehead atoms. The number of carbonyl (C=O) groups is 1. The van der Waals surface area contributed by atoms with Crippen LogP contribution in [0.4, 0.5) is 16.2 Å². The van der Waals surface area contributed by atoms with Gasteiger partial charge in [-0.25, -0.2) is 4.79 Å². The highest BCUT2D eigenvalue weighted by molar-refractivity contribution is 5.90. The summed E-state index contributed by atoms with van der Waals surface area (Å²) in [5.74, 6) is 0. The van der Waals surface area contributed by atoms with Crippen LogP contribution < -0.4 is 15.5 Å². The van der Waals surface area contributed by atoms with E-state index in [0.717, 1.165) is 37.2 Å². The summed E-state index contributed by atoms with van der Waals surface area (Å²) in [6.07, 6.45) is 1.90. The van der Waals surface area contributed by atoms with Gasteiger partial charge < -0.3 is 15.5 Å². The Morgan fingerprint density at radius 3 is 2.40 bits per heavy atom. The second kappa shape index (κ2) is 9.72. The maximum atomic E-state index is 12.1. The monoisotopic (exact) mass is 339 g/mol. The third-order valence-electron chi connectivity index (χ3n) is 4.36.